The van der Waals surface area contributed by atoms with Gasteiger partial charge >= 0.3 is 0 Å². The van der Waals surface area contributed by atoms with E-state index >= 15 is 0 Å². The number of ether oxygens (including phenoxy) is 2. The molecule has 0 aromatic rings. The smallest absolute Gasteiger partial charge is 0.187 e. The van der Waals surface area contributed by atoms with E-state index in [-0.39, 0.29) is 12.0 Å². The molecule has 30 heavy (non-hydrogen) atoms. The van der Waals surface area contributed by atoms with Crippen molar-refractivity contribution in [2.75, 3.05) is 6.61 Å². The Bertz CT molecular complexity index is 679. The molecule has 1 aliphatic heterocycles. The average Bonchev–Trinajstić information content (AvgIpc) is 2.68. The summed E-state index contributed by atoms with van der Waals surface area (Å²) >= 11 is 0. The maximum atomic E-state index is 10.1. The van der Waals surface area contributed by atoms with Gasteiger partial charge in [0.1, 0.15) is 18.3 Å². The van der Waals surface area contributed by atoms with Gasteiger partial charge in [0.15, 0.2) is 6.29 Å². The summed E-state index contributed by atoms with van der Waals surface area (Å²) in [5, 5.41) is 29.5. The van der Waals surface area contributed by atoms with Crippen LogP contribution in [0.5, 0.6) is 0 Å². The van der Waals surface area contributed by atoms with Gasteiger partial charge in [-0.1, -0.05) is 49.0 Å². The zero-order chi connectivity index (χ0) is 22.7. The van der Waals surface area contributed by atoms with Crippen molar-refractivity contribution in [3.05, 3.63) is 48.6 Å². The van der Waals surface area contributed by atoms with Crippen LogP contribution in [-0.2, 0) is 9.47 Å². The Morgan fingerprint density at radius 3 is 2.47 bits per heavy atom. The van der Waals surface area contributed by atoms with Gasteiger partial charge in [0.05, 0.1) is 12.2 Å². The number of aliphatic hydroxyl groups excluding tert-OH is 3. The van der Waals surface area contributed by atoms with Gasteiger partial charge in [-0.3, -0.25) is 0 Å². The van der Waals surface area contributed by atoms with Crippen LogP contribution >= 0.6 is 0 Å². The van der Waals surface area contributed by atoms with Gasteiger partial charge in [-0.25, -0.2) is 0 Å². The van der Waals surface area contributed by atoms with Gasteiger partial charge in [0.25, 0.3) is 0 Å². The van der Waals surface area contributed by atoms with Gasteiger partial charge in [-0.05, 0) is 64.2 Å². The molecule has 2 aliphatic rings. The Balaban J connectivity index is 2.00. The molecule has 2 fully saturated rings. The monoisotopic (exact) mass is 420 g/mol. The van der Waals surface area contributed by atoms with Crippen LogP contribution < -0.4 is 0 Å². The first-order valence-corrected chi connectivity index (χ1v) is 10.9. The minimum Gasteiger partial charge on any atom is -0.388 e. The van der Waals surface area contributed by atoms with Crippen molar-refractivity contribution in [2.24, 2.45) is 17.3 Å². The Hall–Kier alpha value is -1.24. The Labute approximate surface area is 181 Å². The lowest BCUT2D eigenvalue weighted by Gasteiger charge is -2.43. The molecule has 0 aromatic carbocycles. The third-order valence-electron chi connectivity index (χ3n) is 6.78. The van der Waals surface area contributed by atoms with E-state index < -0.39 is 30.2 Å². The molecule has 170 valence electrons. The molecule has 1 heterocycles. The number of hydrogen-bond acceptors (Lipinski definition) is 5. The quantitative estimate of drug-likeness (QED) is 0.430. The van der Waals surface area contributed by atoms with E-state index in [1.165, 1.54) is 11.1 Å². The van der Waals surface area contributed by atoms with Gasteiger partial charge in [0, 0.05) is 0 Å². The number of rotatable bonds is 7. The van der Waals surface area contributed by atoms with Crippen molar-refractivity contribution >= 4 is 0 Å². The van der Waals surface area contributed by atoms with Crippen LogP contribution in [0.2, 0.25) is 0 Å². The lowest BCUT2D eigenvalue weighted by Crippen LogP contribution is -2.55. The van der Waals surface area contributed by atoms with Gasteiger partial charge in [-0.15, -0.1) is 6.58 Å². The Morgan fingerprint density at radius 1 is 1.20 bits per heavy atom. The summed E-state index contributed by atoms with van der Waals surface area (Å²) in [5.41, 5.74) is 1.96. The zero-order valence-electron chi connectivity index (χ0n) is 19.2. The molecule has 2 rings (SSSR count). The van der Waals surface area contributed by atoms with E-state index in [0.29, 0.717) is 11.8 Å². The molecular formula is C25H40O5. The summed E-state index contributed by atoms with van der Waals surface area (Å²) in [7, 11) is 0. The average molecular weight is 421 g/mol. The predicted molar refractivity (Wildman–Crippen MR) is 120 cm³/mol. The SMILES string of the molecule is C=CC1(C)CCC(C(C)=CC=CC(C)(C)OC2OCC(O)C(O)C2O)CC1C(=C)C. The predicted octanol–water partition coefficient (Wildman–Crippen LogP) is 3.91. The van der Waals surface area contributed by atoms with Crippen molar-refractivity contribution < 1.29 is 24.8 Å². The van der Waals surface area contributed by atoms with E-state index in [4.69, 9.17) is 9.47 Å². The van der Waals surface area contributed by atoms with Crippen molar-refractivity contribution in [3.8, 4) is 0 Å². The van der Waals surface area contributed by atoms with Crippen LogP contribution in [0.1, 0.15) is 53.9 Å². The molecule has 1 saturated heterocycles. The molecule has 5 heteroatoms. The van der Waals surface area contributed by atoms with Gasteiger partial charge in [0.2, 0.25) is 0 Å². The summed E-state index contributed by atoms with van der Waals surface area (Å²) in [6.07, 6.45) is 6.76. The van der Waals surface area contributed by atoms with E-state index in [1.807, 2.05) is 26.0 Å². The molecular weight excluding hydrogens is 380 g/mol. The summed E-state index contributed by atoms with van der Waals surface area (Å²) in [5.74, 6) is 0.945. The second-order valence-electron chi connectivity index (χ2n) is 9.82. The Kier molecular flexibility index (Phi) is 8.28. The second-order valence-corrected chi connectivity index (χ2v) is 9.82. The molecule has 1 aliphatic carbocycles. The highest BCUT2D eigenvalue weighted by Gasteiger charge is 2.40. The fraction of sp³-hybridized carbons (Fsp3) is 0.680. The number of aliphatic hydroxyl groups is 3. The maximum Gasteiger partial charge on any atom is 0.187 e. The molecule has 1 saturated carbocycles. The molecule has 0 aromatic heterocycles. The van der Waals surface area contributed by atoms with Crippen molar-refractivity contribution in [2.45, 2.75) is 84.1 Å². The van der Waals surface area contributed by atoms with Crippen molar-refractivity contribution in [1.82, 2.24) is 0 Å². The maximum absolute atomic E-state index is 10.1. The molecule has 7 atom stereocenters. The molecule has 0 amide bonds. The Morgan fingerprint density at radius 2 is 1.87 bits per heavy atom. The lowest BCUT2D eigenvalue weighted by atomic mass is 9.61. The first-order chi connectivity index (χ1) is 13.9. The summed E-state index contributed by atoms with van der Waals surface area (Å²) in [6.45, 7) is 18.5. The minimum absolute atomic E-state index is 0.0725. The summed E-state index contributed by atoms with van der Waals surface area (Å²) in [4.78, 5) is 0. The van der Waals surface area contributed by atoms with Gasteiger partial charge in [-0.2, -0.15) is 0 Å². The van der Waals surface area contributed by atoms with Crippen LogP contribution in [0.3, 0.4) is 0 Å². The summed E-state index contributed by atoms with van der Waals surface area (Å²) < 4.78 is 11.2. The molecule has 0 radical (unpaired) electrons. The summed E-state index contributed by atoms with van der Waals surface area (Å²) in [6, 6.07) is 0. The van der Waals surface area contributed by atoms with E-state index in [0.717, 1.165) is 19.3 Å². The first kappa shape index (κ1) is 25.0. The van der Waals surface area contributed by atoms with E-state index in [9.17, 15) is 15.3 Å². The van der Waals surface area contributed by atoms with Crippen LogP contribution in [0, 0.1) is 17.3 Å². The lowest BCUT2D eigenvalue weighted by molar-refractivity contribution is -0.289. The molecule has 0 spiro atoms. The zero-order valence-corrected chi connectivity index (χ0v) is 19.2. The number of allylic oxidation sites excluding steroid dienone is 5. The largest absolute Gasteiger partial charge is 0.388 e. The highest BCUT2D eigenvalue weighted by atomic mass is 16.7. The van der Waals surface area contributed by atoms with E-state index in [1.54, 1.807) is 0 Å². The van der Waals surface area contributed by atoms with Crippen LogP contribution in [0.25, 0.3) is 0 Å². The highest BCUT2D eigenvalue weighted by molar-refractivity contribution is 5.20. The highest BCUT2D eigenvalue weighted by Crippen LogP contribution is 2.48. The van der Waals surface area contributed by atoms with Crippen molar-refractivity contribution in [1.29, 1.82) is 0 Å². The fourth-order valence-electron chi connectivity index (χ4n) is 4.54. The van der Waals surface area contributed by atoms with Crippen LogP contribution in [0.15, 0.2) is 48.6 Å². The molecule has 7 unspecified atom stereocenters. The molecule has 3 N–H and O–H groups in total. The van der Waals surface area contributed by atoms with Crippen LogP contribution in [-0.4, -0.2) is 52.1 Å². The number of hydrogen-bond donors (Lipinski definition) is 3. The van der Waals surface area contributed by atoms with E-state index in [2.05, 4.69) is 46.1 Å². The van der Waals surface area contributed by atoms with Crippen LogP contribution in [0.4, 0.5) is 0 Å². The second kappa shape index (κ2) is 9.92. The normalized spacial score (nSPS) is 38.6. The standard InChI is InChI=1S/C25H40O5/c1-8-25(7)13-11-18(14-19(25)16(2)3)17(4)10-9-12-24(5,6)30-23-22(28)21(27)20(26)15-29-23/h8-10,12,18-23,26-28H,1-2,11,13-15H2,3-7H3. The fourth-order valence-corrected chi connectivity index (χ4v) is 4.54. The first-order valence-electron chi connectivity index (χ1n) is 10.9. The third-order valence-corrected chi connectivity index (χ3v) is 6.78. The topological polar surface area (TPSA) is 79.2 Å². The minimum atomic E-state index is -1.29. The van der Waals surface area contributed by atoms with Gasteiger partial charge < -0.3 is 24.8 Å². The van der Waals surface area contributed by atoms with Crippen molar-refractivity contribution in [3.63, 3.8) is 0 Å². The molecule has 0 bridgehead atoms. The molecule has 5 nitrogen and oxygen atoms in total. The third kappa shape index (κ3) is 5.92.